The average Bonchev–Trinajstić information content (AvgIpc) is 3.84. The fourth-order valence-corrected chi connectivity index (χ4v) is 7.53. The molecule has 0 unspecified atom stereocenters. The number of aromatic nitrogens is 1. The lowest BCUT2D eigenvalue weighted by Crippen LogP contribution is -2.58. The predicted molar refractivity (Wildman–Crippen MR) is 209 cm³/mol. The summed E-state index contributed by atoms with van der Waals surface area (Å²) >= 11 is 8.36. The highest BCUT2D eigenvalue weighted by atomic mass is 35.5. The normalized spacial score (nSPS) is 12.2. The van der Waals surface area contributed by atoms with Gasteiger partial charge in [-0.25, -0.2) is 10.6 Å². The maximum atomic E-state index is 15.4. The molecule has 0 aliphatic rings. The van der Waals surface area contributed by atoms with Gasteiger partial charge < -0.3 is 15.0 Å². The van der Waals surface area contributed by atoms with E-state index >= 15 is 4.79 Å². The number of benzene rings is 4. The van der Waals surface area contributed by atoms with Gasteiger partial charge in [0.15, 0.2) is 0 Å². The number of halogens is 1. The van der Waals surface area contributed by atoms with Crippen molar-refractivity contribution in [2.45, 2.75) is 38.8 Å². The summed E-state index contributed by atoms with van der Waals surface area (Å²) < 4.78 is 0. The molecule has 0 saturated carbocycles. The van der Waals surface area contributed by atoms with Crippen molar-refractivity contribution in [3.05, 3.63) is 146 Å². The van der Waals surface area contributed by atoms with Crippen LogP contribution in [0, 0.1) is 13.8 Å². The number of H-pyrrole nitrogens is 1. The predicted octanol–water partition coefficient (Wildman–Crippen LogP) is 7.18. The number of carboxylic acids is 1. The van der Waals surface area contributed by atoms with Crippen LogP contribution in [-0.2, 0) is 22.4 Å². The van der Waals surface area contributed by atoms with Crippen LogP contribution < -0.4 is 16.2 Å². The SMILES string of the molecule is Cc1cc(C)cc(C(=O)N(C)[C@@H](Cc2ccc(-c3ccsc3)cc2)C(=O)N(c2cc(C(=O)O)ccc2Cl)[C@@H](Cc2c[nH]c3ccccc23)C(=O)NN)c1. The Balaban J connectivity index is 1.50. The maximum absolute atomic E-state index is 15.4. The van der Waals surface area contributed by atoms with E-state index in [1.807, 2.05) is 85.3 Å². The number of nitrogens with two attached hydrogens (primary N) is 1. The number of fused-ring (bicyclic) bond motifs is 1. The molecule has 6 rings (SSSR count). The van der Waals surface area contributed by atoms with Crippen molar-refractivity contribution in [1.29, 1.82) is 0 Å². The number of rotatable bonds is 12. The number of hydrogen-bond donors (Lipinski definition) is 4. The van der Waals surface area contributed by atoms with Crippen LogP contribution in [0.1, 0.15) is 43.0 Å². The van der Waals surface area contributed by atoms with Crippen molar-refractivity contribution in [3.63, 3.8) is 0 Å². The maximum Gasteiger partial charge on any atom is 0.335 e. The van der Waals surface area contributed by atoms with Crippen molar-refractivity contribution >= 4 is 63.2 Å². The number of carboxylic acid groups (broad SMARTS) is 1. The second-order valence-corrected chi connectivity index (χ2v) is 14.2. The van der Waals surface area contributed by atoms with Crippen molar-refractivity contribution in [1.82, 2.24) is 15.3 Å². The number of hydrazine groups is 1. The number of para-hydroxylation sites is 1. The van der Waals surface area contributed by atoms with Crippen LogP contribution in [0.15, 0.2) is 108 Å². The Bertz CT molecular complexity index is 2280. The van der Waals surface area contributed by atoms with E-state index in [-0.39, 0.29) is 29.1 Å². The van der Waals surface area contributed by atoms with Gasteiger partial charge in [0.1, 0.15) is 12.1 Å². The number of likely N-dealkylation sites (N-methyl/N-ethyl adjacent to an activating group) is 1. The number of nitrogens with zero attached hydrogens (tertiary/aromatic N) is 2. The third-order valence-corrected chi connectivity index (χ3v) is 10.3. The van der Waals surface area contributed by atoms with E-state index in [1.165, 1.54) is 28.0 Å². The van der Waals surface area contributed by atoms with Gasteiger partial charge in [-0.05, 0) is 89.3 Å². The third kappa shape index (κ3) is 8.02. The molecule has 4 aromatic carbocycles. The molecule has 12 heteroatoms. The Morgan fingerprint density at radius 3 is 2.25 bits per heavy atom. The standard InChI is InChI=1S/C41H38ClN5O5S/c1-24-16-25(2)18-30(17-24)39(49)46(3)37(19-26-8-10-27(11-9-26)29-14-15-53-23-29)40(50)47(35-20-28(41(51)52)12-13-33(35)42)36(38(48)45-43)21-31-22-44-34-7-5-4-6-32(31)34/h4-18,20,22-23,36-37,44H,19,21,43H2,1-3H3,(H,45,48)(H,51,52)/t36-,37-/m0/s1. The van der Waals surface area contributed by atoms with Crippen LogP contribution in [0.5, 0.6) is 0 Å². The van der Waals surface area contributed by atoms with Gasteiger partial charge in [-0.3, -0.25) is 24.7 Å². The average molecular weight is 748 g/mol. The number of aromatic amines is 1. The fraction of sp³-hybridized carbons (Fsp3) is 0.171. The van der Waals surface area contributed by atoms with Crippen molar-refractivity contribution < 1.29 is 24.3 Å². The number of hydrogen-bond acceptors (Lipinski definition) is 6. The minimum absolute atomic E-state index is 0.0185. The number of aromatic carboxylic acids is 1. The van der Waals surface area contributed by atoms with Crippen LogP contribution in [0.4, 0.5) is 5.69 Å². The number of nitrogens with one attached hydrogen (secondary N) is 2. The summed E-state index contributed by atoms with van der Waals surface area (Å²) in [5.74, 6) is 2.73. The van der Waals surface area contributed by atoms with Gasteiger partial charge in [-0.15, -0.1) is 0 Å². The van der Waals surface area contributed by atoms with Gasteiger partial charge in [0.2, 0.25) is 0 Å². The number of aryl methyl sites for hydroxylation is 2. The van der Waals surface area contributed by atoms with Gasteiger partial charge in [-0.1, -0.05) is 71.3 Å². The highest BCUT2D eigenvalue weighted by molar-refractivity contribution is 7.08. The summed E-state index contributed by atoms with van der Waals surface area (Å²) in [5.41, 5.74) is 8.52. The van der Waals surface area contributed by atoms with Gasteiger partial charge in [0.25, 0.3) is 17.7 Å². The van der Waals surface area contributed by atoms with Gasteiger partial charge >= 0.3 is 5.97 Å². The Labute approximate surface area is 315 Å². The summed E-state index contributed by atoms with van der Waals surface area (Å²) in [6, 6.07) is 24.2. The molecule has 3 amide bonds. The van der Waals surface area contributed by atoms with E-state index in [1.54, 1.807) is 36.7 Å². The van der Waals surface area contributed by atoms with Crippen LogP contribution in [0.2, 0.25) is 5.02 Å². The van der Waals surface area contributed by atoms with E-state index in [0.29, 0.717) is 11.1 Å². The molecule has 0 radical (unpaired) electrons. The van der Waals surface area contributed by atoms with Crippen molar-refractivity contribution in [2.75, 3.05) is 11.9 Å². The first kappa shape index (κ1) is 37.0. The fourth-order valence-electron chi connectivity index (χ4n) is 6.66. The van der Waals surface area contributed by atoms with Gasteiger partial charge in [0.05, 0.1) is 16.3 Å². The second kappa shape index (κ2) is 15.9. The van der Waals surface area contributed by atoms with Crippen LogP contribution >= 0.6 is 22.9 Å². The van der Waals surface area contributed by atoms with Gasteiger partial charge in [0, 0.05) is 42.6 Å². The Kier molecular flexibility index (Phi) is 11.1. The molecule has 5 N–H and O–H groups in total. The number of anilines is 1. The van der Waals surface area contributed by atoms with Crippen molar-refractivity contribution in [2.24, 2.45) is 5.84 Å². The molecule has 0 saturated heterocycles. The first-order valence-electron chi connectivity index (χ1n) is 16.8. The van der Waals surface area contributed by atoms with Crippen LogP contribution in [-0.4, -0.2) is 57.8 Å². The molecule has 2 atom stereocenters. The van der Waals surface area contributed by atoms with Crippen LogP contribution in [0.3, 0.4) is 0 Å². The van der Waals surface area contributed by atoms with E-state index in [4.69, 9.17) is 17.4 Å². The monoisotopic (exact) mass is 747 g/mol. The smallest absolute Gasteiger partial charge is 0.335 e. The minimum Gasteiger partial charge on any atom is -0.478 e. The molecule has 270 valence electrons. The molecule has 53 heavy (non-hydrogen) atoms. The summed E-state index contributed by atoms with van der Waals surface area (Å²) in [5, 5.41) is 14.9. The highest BCUT2D eigenvalue weighted by Gasteiger charge is 2.39. The number of amides is 3. The summed E-state index contributed by atoms with van der Waals surface area (Å²) in [4.78, 5) is 61.5. The summed E-state index contributed by atoms with van der Waals surface area (Å²) in [6.45, 7) is 3.78. The molecular formula is C41H38ClN5O5S. The highest BCUT2D eigenvalue weighted by Crippen LogP contribution is 2.33. The lowest BCUT2D eigenvalue weighted by Gasteiger charge is -2.37. The third-order valence-electron chi connectivity index (χ3n) is 9.31. The lowest BCUT2D eigenvalue weighted by atomic mass is 9.97. The first-order chi connectivity index (χ1) is 25.4. The molecule has 0 aliphatic carbocycles. The molecule has 2 aromatic heterocycles. The molecule has 10 nitrogen and oxygen atoms in total. The van der Waals surface area contributed by atoms with Crippen molar-refractivity contribution in [3.8, 4) is 11.1 Å². The topological polar surface area (TPSA) is 149 Å². The molecule has 6 aromatic rings. The number of carbonyl (C=O) groups is 4. The summed E-state index contributed by atoms with van der Waals surface area (Å²) in [7, 11) is 1.55. The minimum atomic E-state index is -1.32. The molecule has 0 spiro atoms. The van der Waals surface area contributed by atoms with E-state index in [2.05, 4.69) is 10.4 Å². The zero-order valence-electron chi connectivity index (χ0n) is 29.3. The molecule has 0 aliphatic heterocycles. The lowest BCUT2D eigenvalue weighted by molar-refractivity contribution is -0.128. The van der Waals surface area contributed by atoms with Gasteiger partial charge in [-0.2, -0.15) is 11.3 Å². The quantitative estimate of drug-likeness (QED) is 0.0592. The Hall–Kier alpha value is -5.75. The Morgan fingerprint density at radius 2 is 1.58 bits per heavy atom. The zero-order chi connectivity index (χ0) is 37.8. The molecule has 2 heterocycles. The molecule has 0 fully saturated rings. The number of thiophene rings is 1. The number of carbonyl (C=O) groups excluding carboxylic acids is 3. The molecular weight excluding hydrogens is 710 g/mol. The van der Waals surface area contributed by atoms with E-state index in [0.717, 1.165) is 38.7 Å². The summed E-state index contributed by atoms with van der Waals surface area (Å²) in [6.07, 6.45) is 1.79. The van der Waals surface area contributed by atoms with Crippen LogP contribution in [0.25, 0.3) is 22.0 Å². The zero-order valence-corrected chi connectivity index (χ0v) is 30.9. The van der Waals surface area contributed by atoms with E-state index in [9.17, 15) is 19.5 Å². The molecule has 0 bridgehead atoms. The second-order valence-electron chi connectivity index (χ2n) is 13.0. The van der Waals surface area contributed by atoms with E-state index < -0.39 is 35.8 Å². The Morgan fingerprint density at radius 1 is 0.868 bits per heavy atom. The first-order valence-corrected chi connectivity index (χ1v) is 18.2. The largest absolute Gasteiger partial charge is 0.478 e.